The zero-order chi connectivity index (χ0) is 11.4. The molecule has 0 heterocycles. The third kappa shape index (κ3) is 3.06. The van der Waals surface area contributed by atoms with Crippen LogP contribution in [0.3, 0.4) is 0 Å². The highest BCUT2D eigenvalue weighted by molar-refractivity contribution is 5.14. The van der Waals surface area contributed by atoms with Crippen LogP contribution in [-0.2, 0) is 11.2 Å². The minimum absolute atomic E-state index is 0.0451. The van der Waals surface area contributed by atoms with Crippen LogP contribution in [-0.4, -0.2) is 24.4 Å². The van der Waals surface area contributed by atoms with E-state index >= 15 is 0 Å². The minimum atomic E-state index is -0.322. The standard InChI is InChI=1S/C14H20O2/c1-16-14(12-8-9-12)13(15)10-7-11-5-3-2-4-6-11/h2-6,12-15H,7-10H2,1H3. The molecule has 2 nitrogen and oxygen atoms in total. The lowest BCUT2D eigenvalue weighted by Gasteiger charge is -2.21. The Bertz CT molecular complexity index is 306. The van der Waals surface area contributed by atoms with Crippen molar-refractivity contribution in [2.45, 2.75) is 37.9 Å². The highest BCUT2D eigenvalue weighted by atomic mass is 16.5. The Hall–Kier alpha value is -0.860. The van der Waals surface area contributed by atoms with E-state index < -0.39 is 0 Å². The maximum absolute atomic E-state index is 10.1. The van der Waals surface area contributed by atoms with Crippen molar-refractivity contribution in [3.8, 4) is 0 Å². The summed E-state index contributed by atoms with van der Waals surface area (Å²) in [6.07, 6.45) is 3.86. The Balaban J connectivity index is 1.80. The number of aliphatic hydroxyl groups is 1. The van der Waals surface area contributed by atoms with Gasteiger partial charge in [-0.15, -0.1) is 0 Å². The largest absolute Gasteiger partial charge is 0.390 e. The third-order valence-corrected chi connectivity index (χ3v) is 3.31. The first-order valence-electron chi connectivity index (χ1n) is 6.06. The Kier molecular flexibility index (Phi) is 3.97. The minimum Gasteiger partial charge on any atom is -0.390 e. The van der Waals surface area contributed by atoms with E-state index in [1.54, 1.807) is 7.11 Å². The van der Waals surface area contributed by atoms with Gasteiger partial charge in [-0.25, -0.2) is 0 Å². The molecule has 1 saturated carbocycles. The van der Waals surface area contributed by atoms with Gasteiger partial charge in [0.1, 0.15) is 0 Å². The molecule has 2 unspecified atom stereocenters. The van der Waals surface area contributed by atoms with Crippen molar-refractivity contribution < 1.29 is 9.84 Å². The second-order valence-electron chi connectivity index (χ2n) is 4.63. The summed E-state index contributed by atoms with van der Waals surface area (Å²) in [5.74, 6) is 0.593. The summed E-state index contributed by atoms with van der Waals surface area (Å²) in [5, 5.41) is 10.1. The van der Waals surface area contributed by atoms with Crippen LogP contribution < -0.4 is 0 Å². The Morgan fingerprint density at radius 3 is 2.56 bits per heavy atom. The van der Waals surface area contributed by atoms with Crippen LogP contribution in [0.1, 0.15) is 24.8 Å². The van der Waals surface area contributed by atoms with Crippen molar-refractivity contribution in [2.75, 3.05) is 7.11 Å². The molecule has 1 N–H and O–H groups in total. The molecule has 1 aliphatic rings. The fourth-order valence-electron chi connectivity index (χ4n) is 2.21. The maximum Gasteiger partial charge on any atom is 0.0858 e. The van der Waals surface area contributed by atoms with Gasteiger partial charge in [0.05, 0.1) is 12.2 Å². The van der Waals surface area contributed by atoms with Gasteiger partial charge in [0.25, 0.3) is 0 Å². The smallest absolute Gasteiger partial charge is 0.0858 e. The molecular weight excluding hydrogens is 200 g/mol. The van der Waals surface area contributed by atoms with Gasteiger partial charge < -0.3 is 9.84 Å². The van der Waals surface area contributed by atoms with Crippen molar-refractivity contribution in [1.82, 2.24) is 0 Å². The second-order valence-corrected chi connectivity index (χ2v) is 4.63. The van der Waals surface area contributed by atoms with E-state index in [-0.39, 0.29) is 12.2 Å². The van der Waals surface area contributed by atoms with Gasteiger partial charge in [-0.1, -0.05) is 30.3 Å². The van der Waals surface area contributed by atoms with Crippen LogP contribution in [0.25, 0.3) is 0 Å². The van der Waals surface area contributed by atoms with Crippen LogP contribution in [0, 0.1) is 5.92 Å². The lowest BCUT2D eigenvalue weighted by atomic mass is 10.0. The van der Waals surface area contributed by atoms with Crippen LogP contribution in [0.15, 0.2) is 30.3 Å². The average Bonchev–Trinajstić information content (AvgIpc) is 3.13. The number of benzene rings is 1. The van der Waals surface area contributed by atoms with Crippen molar-refractivity contribution >= 4 is 0 Å². The molecule has 0 radical (unpaired) electrons. The van der Waals surface area contributed by atoms with Gasteiger partial charge in [-0.2, -0.15) is 0 Å². The van der Waals surface area contributed by atoms with Gasteiger partial charge in [0.15, 0.2) is 0 Å². The molecule has 1 fully saturated rings. The van der Waals surface area contributed by atoms with Gasteiger partial charge >= 0.3 is 0 Å². The molecule has 0 saturated heterocycles. The van der Waals surface area contributed by atoms with E-state index in [4.69, 9.17) is 4.74 Å². The number of ether oxygens (including phenoxy) is 1. The first-order valence-corrected chi connectivity index (χ1v) is 6.06. The Morgan fingerprint density at radius 2 is 2.00 bits per heavy atom. The number of hydrogen-bond acceptors (Lipinski definition) is 2. The number of aryl methyl sites for hydroxylation is 1. The SMILES string of the molecule is COC(C(O)CCc1ccccc1)C1CC1. The fourth-order valence-corrected chi connectivity index (χ4v) is 2.21. The van der Waals surface area contributed by atoms with Crippen molar-refractivity contribution in [3.05, 3.63) is 35.9 Å². The molecule has 1 aromatic rings. The van der Waals surface area contributed by atoms with Gasteiger partial charge in [0, 0.05) is 7.11 Å². The summed E-state index contributed by atoms with van der Waals surface area (Å²) in [4.78, 5) is 0. The summed E-state index contributed by atoms with van der Waals surface area (Å²) in [6.45, 7) is 0. The predicted octanol–water partition coefficient (Wildman–Crippen LogP) is 2.41. The van der Waals surface area contributed by atoms with E-state index in [0.29, 0.717) is 5.92 Å². The number of hydrogen-bond donors (Lipinski definition) is 1. The lowest BCUT2D eigenvalue weighted by Crippen LogP contribution is -2.30. The summed E-state index contributed by atoms with van der Waals surface area (Å²) < 4.78 is 5.37. The normalized spacial score (nSPS) is 19.4. The fraction of sp³-hybridized carbons (Fsp3) is 0.571. The van der Waals surface area contributed by atoms with E-state index in [1.165, 1.54) is 18.4 Å². The molecular formula is C14H20O2. The molecule has 0 bridgehead atoms. The van der Waals surface area contributed by atoms with Gasteiger partial charge in [-0.3, -0.25) is 0 Å². The highest BCUT2D eigenvalue weighted by Gasteiger charge is 2.35. The zero-order valence-corrected chi connectivity index (χ0v) is 9.80. The van der Waals surface area contributed by atoms with Crippen molar-refractivity contribution in [1.29, 1.82) is 0 Å². The zero-order valence-electron chi connectivity index (χ0n) is 9.80. The molecule has 0 spiro atoms. The number of rotatable bonds is 6. The molecule has 0 amide bonds. The van der Waals surface area contributed by atoms with Gasteiger partial charge in [0.2, 0.25) is 0 Å². The van der Waals surface area contributed by atoms with Crippen LogP contribution >= 0.6 is 0 Å². The summed E-state index contributed by atoms with van der Waals surface area (Å²) in [7, 11) is 1.70. The van der Waals surface area contributed by atoms with E-state index in [1.807, 2.05) is 18.2 Å². The van der Waals surface area contributed by atoms with Crippen molar-refractivity contribution in [3.63, 3.8) is 0 Å². The lowest BCUT2D eigenvalue weighted by molar-refractivity contribution is -0.0276. The molecule has 2 rings (SSSR count). The Labute approximate surface area is 97.3 Å². The average molecular weight is 220 g/mol. The first-order chi connectivity index (χ1) is 7.81. The van der Waals surface area contributed by atoms with Gasteiger partial charge in [-0.05, 0) is 37.2 Å². The van der Waals surface area contributed by atoms with Crippen molar-refractivity contribution in [2.24, 2.45) is 5.92 Å². The number of methoxy groups -OCH3 is 1. The summed E-state index contributed by atoms with van der Waals surface area (Å²) >= 11 is 0. The van der Waals surface area contributed by atoms with Crippen LogP contribution in [0.5, 0.6) is 0 Å². The monoisotopic (exact) mass is 220 g/mol. The molecule has 0 aromatic heterocycles. The molecule has 88 valence electrons. The summed E-state index contributed by atoms with van der Waals surface area (Å²) in [5.41, 5.74) is 1.28. The van der Waals surface area contributed by atoms with E-state index in [0.717, 1.165) is 12.8 Å². The van der Waals surface area contributed by atoms with Crippen LogP contribution in [0.4, 0.5) is 0 Å². The topological polar surface area (TPSA) is 29.5 Å². The number of aliphatic hydroxyl groups excluding tert-OH is 1. The van der Waals surface area contributed by atoms with Crippen LogP contribution in [0.2, 0.25) is 0 Å². The first kappa shape index (κ1) is 11.6. The third-order valence-electron chi connectivity index (χ3n) is 3.31. The predicted molar refractivity (Wildman–Crippen MR) is 64.3 cm³/mol. The maximum atomic E-state index is 10.1. The molecule has 1 aliphatic carbocycles. The quantitative estimate of drug-likeness (QED) is 0.797. The molecule has 2 heteroatoms. The molecule has 16 heavy (non-hydrogen) atoms. The molecule has 2 atom stereocenters. The highest BCUT2D eigenvalue weighted by Crippen LogP contribution is 2.36. The second kappa shape index (κ2) is 5.46. The molecule has 0 aliphatic heterocycles. The summed E-state index contributed by atoms with van der Waals surface area (Å²) in [6, 6.07) is 10.3. The molecule has 1 aromatic carbocycles. The van der Waals surface area contributed by atoms with E-state index in [9.17, 15) is 5.11 Å². The van der Waals surface area contributed by atoms with E-state index in [2.05, 4.69) is 12.1 Å². The Morgan fingerprint density at radius 1 is 1.31 bits per heavy atom.